The Morgan fingerprint density at radius 2 is 1.86 bits per heavy atom. The van der Waals surface area contributed by atoms with E-state index in [0.29, 0.717) is 19.4 Å². The summed E-state index contributed by atoms with van der Waals surface area (Å²) >= 11 is 0. The minimum atomic E-state index is -1.06. The van der Waals surface area contributed by atoms with Crippen molar-refractivity contribution in [3.8, 4) is 0 Å². The van der Waals surface area contributed by atoms with Crippen LogP contribution in [0.4, 0.5) is 0 Å². The Kier molecular flexibility index (Phi) is 4.08. The van der Waals surface area contributed by atoms with E-state index in [-0.39, 0.29) is 11.8 Å². The maximum atomic E-state index is 12.4. The van der Waals surface area contributed by atoms with Gasteiger partial charge in [-0.1, -0.05) is 51.1 Å². The molecule has 0 aromatic heterocycles. The fourth-order valence-corrected chi connectivity index (χ4v) is 3.23. The Hall–Kier alpha value is -1.84. The molecule has 2 atom stereocenters. The molecule has 0 heterocycles. The topological polar surface area (TPSA) is 69.2 Å². The molecule has 21 heavy (non-hydrogen) atoms. The summed E-state index contributed by atoms with van der Waals surface area (Å²) in [6, 6.07) is 9.68. The molecule has 0 bridgehead atoms. The predicted octanol–water partition coefficient (Wildman–Crippen LogP) is 1.50. The molecule has 1 aliphatic rings. The molecule has 1 aromatic rings. The van der Waals surface area contributed by atoms with Crippen LogP contribution in [0.3, 0.4) is 0 Å². The van der Waals surface area contributed by atoms with Gasteiger partial charge in [-0.25, -0.2) is 0 Å². The average molecular weight is 288 g/mol. The minimum Gasteiger partial charge on any atom is -0.550 e. The molecular formula is C17H22NO3-. The van der Waals surface area contributed by atoms with Gasteiger partial charge < -0.3 is 15.2 Å². The van der Waals surface area contributed by atoms with E-state index >= 15 is 0 Å². The monoisotopic (exact) mass is 288 g/mol. The summed E-state index contributed by atoms with van der Waals surface area (Å²) in [6.45, 7) is 5.85. The number of benzene rings is 1. The molecular weight excluding hydrogens is 266 g/mol. The fourth-order valence-electron chi connectivity index (χ4n) is 3.23. The van der Waals surface area contributed by atoms with Crippen molar-refractivity contribution in [1.29, 1.82) is 0 Å². The number of nitrogens with one attached hydrogen (secondary N) is 1. The van der Waals surface area contributed by atoms with Crippen molar-refractivity contribution in [3.63, 3.8) is 0 Å². The first kappa shape index (κ1) is 15.5. The van der Waals surface area contributed by atoms with Crippen molar-refractivity contribution in [2.24, 2.45) is 16.7 Å². The van der Waals surface area contributed by atoms with Crippen LogP contribution >= 0.6 is 0 Å². The first-order valence-corrected chi connectivity index (χ1v) is 7.32. The molecule has 1 fully saturated rings. The molecule has 1 amide bonds. The van der Waals surface area contributed by atoms with Crippen LogP contribution in [-0.4, -0.2) is 11.9 Å². The number of carboxylic acids is 1. The average Bonchev–Trinajstić information content (AvgIpc) is 2.69. The van der Waals surface area contributed by atoms with Crippen LogP contribution in [0, 0.1) is 16.7 Å². The lowest BCUT2D eigenvalue weighted by Gasteiger charge is -2.41. The van der Waals surface area contributed by atoms with Crippen LogP contribution in [0.2, 0.25) is 0 Å². The Bertz CT molecular complexity index is 538. The van der Waals surface area contributed by atoms with E-state index in [1.807, 2.05) is 44.2 Å². The van der Waals surface area contributed by atoms with E-state index < -0.39 is 16.8 Å². The number of hydrogen-bond acceptors (Lipinski definition) is 3. The van der Waals surface area contributed by atoms with Gasteiger partial charge in [-0.05, 0) is 23.8 Å². The Morgan fingerprint density at radius 3 is 2.38 bits per heavy atom. The second-order valence-electron chi connectivity index (χ2n) is 6.64. The van der Waals surface area contributed by atoms with Gasteiger partial charge in [0.1, 0.15) is 0 Å². The lowest BCUT2D eigenvalue weighted by molar-refractivity contribution is -0.323. The zero-order chi connectivity index (χ0) is 15.7. The Labute approximate surface area is 125 Å². The predicted molar refractivity (Wildman–Crippen MR) is 77.9 cm³/mol. The molecule has 0 unspecified atom stereocenters. The largest absolute Gasteiger partial charge is 0.550 e. The van der Waals surface area contributed by atoms with Crippen LogP contribution < -0.4 is 10.4 Å². The van der Waals surface area contributed by atoms with E-state index in [4.69, 9.17) is 0 Å². The third kappa shape index (κ3) is 2.67. The molecule has 114 valence electrons. The van der Waals surface area contributed by atoms with Crippen LogP contribution in [0.25, 0.3) is 0 Å². The normalized spacial score (nSPS) is 27.3. The molecule has 4 heteroatoms. The highest BCUT2D eigenvalue weighted by molar-refractivity contribution is 5.83. The number of hydrogen-bond donors (Lipinski definition) is 1. The molecule has 2 rings (SSSR count). The second kappa shape index (κ2) is 5.51. The van der Waals surface area contributed by atoms with E-state index in [2.05, 4.69) is 5.32 Å². The van der Waals surface area contributed by atoms with Gasteiger partial charge in [-0.3, -0.25) is 4.79 Å². The molecule has 0 spiro atoms. The summed E-state index contributed by atoms with van der Waals surface area (Å²) in [5, 5.41) is 14.4. The lowest BCUT2D eigenvalue weighted by atomic mass is 9.65. The standard InChI is InChI=1S/C17H23NO3/c1-16(2)13(9-10-17(16,3)15(20)21)14(19)18-11-12-7-5-4-6-8-12/h4-8,13H,9-11H2,1-3H3,(H,18,19)(H,20,21)/p-1/t13-,17-/m0/s1. The lowest BCUT2D eigenvalue weighted by Crippen LogP contribution is -2.50. The Balaban J connectivity index is 2.05. The van der Waals surface area contributed by atoms with Crippen molar-refractivity contribution in [3.05, 3.63) is 35.9 Å². The van der Waals surface area contributed by atoms with E-state index in [9.17, 15) is 14.7 Å². The molecule has 4 nitrogen and oxygen atoms in total. The van der Waals surface area contributed by atoms with Crippen LogP contribution in [0.5, 0.6) is 0 Å². The number of carbonyl (C=O) groups is 2. The highest BCUT2D eigenvalue weighted by Crippen LogP contribution is 2.55. The number of carbonyl (C=O) groups excluding carboxylic acids is 2. The zero-order valence-corrected chi connectivity index (χ0v) is 12.8. The Morgan fingerprint density at radius 1 is 1.24 bits per heavy atom. The van der Waals surface area contributed by atoms with E-state index in [1.54, 1.807) is 6.92 Å². The first-order valence-electron chi connectivity index (χ1n) is 7.32. The highest BCUT2D eigenvalue weighted by Gasteiger charge is 2.54. The van der Waals surface area contributed by atoms with Crippen molar-refractivity contribution in [2.75, 3.05) is 0 Å². The molecule has 1 saturated carbocycles. The summed E-state index contributed by atoms with van der Waals surface area (Å²) in [6.07, 6.45) is 1.06. The van der Waals surface area contributed by atoms with Gasteiger partial charge in [0.25, 0.3) is 0 Å². The van der Waals surface area contributed by atoms with Gasteiger partial charge in [0.15, 0.2) is 0 Å². The van der Waals surface area contributed by atoms with Gasteiger partial charge in [-0.2, -0.15) is 0 Å². The summed E-state index contributed by atoms with van der Waals surface area (Å²) in [5.74, 6) is -1.44. The molecule has 0 aliphatic heterocycles. The van der Waals surface area contributed by atoms with Crippen molar-refractivity contribution in [1.82, 2.24) is 5.32 Å². The van der Waals surface area contributed by atoms with Gasteiger partial charge in [0, 0.05) is 23.8 Å². The quantitative estimate of drug-likeness (QED) is 0.912. The summed E-state index contributed by atoms with van der Waals surface area (Å²) < 4.78 is 0. The van der Waals surface area contributed by atoms with Crippen LogP contribution in [0.15, 0.2) is 30.3 Å². The third-order valence-electron chi connectivity index (χ3n) is 5.30. The van der Waals surface area contributed by atoms with Crippen LogP contribution in [-0.2, 0) is 16.1 Å². The molecule has 1 aliphatic carbocycles. The summed E-state index contributed by atoms with van der Waals surface area (Å²) in [7, 11) is 0. The summed E-state index contributed by atoms with van der Waals surface area (Å²) in [5.41, 5.74) is -0.543. The molecule has 0 radical (unpaired) electrons. The van der Waals surface area contributed by atoms with Crippen molar-refractivity contribution in [2.45, 2.75) is 40.2 Å². The zero-order valence-electron chi connectivity index (χ0n) is 12.8. The highest BCUT2D eigenvalue weighted by atomic mass is 16.4. The number of aliphatic carboxylic acids is 1. The van der Waals surface area contributed by atoms with Crippen molar-refractivity contribution < 1.29 is 14.7 Å². The third-order valence-corrected chi connectivity index (χ3v) is 5.30. The summed E-state index contributed by atoms with van der Waals surface area (Å²) in [4.78, 5) is 23.9. The van der Waals surface area contributed by atoms with Gasteiger partial charge >= 0.3 is 0 Å². The molecule has 1 N–H and O–H groups in total. The first-order chi connectivity index (χ1) is 9.79. The smallest absolute Gasteiger partial charge is 0.223 e. The number of carboxylic acid groups (broad SMARTS) is 1. The maximum Gasteiger partial charge on any atom is 0.223 e. The van der Waals surface area contributed by atoms with Gasteiger partial charge in [0.05, 0.1) is 0 Å². The second-order valence-corrected chi connectivity index (χ2v) is 6.64. The van der Waals surface area contributed by atoms with Gasteiger partial charge in [-0.15, -0.1) is 0 Å². The van der Waals surface area contributed by atoms with E-state index in [1.165, 1.54) is 0 Å². The fraction of sp³-hybridized carbons (Fsp3) is 0.529. The van der Waals surface area contributed by atoms with Crippen LogP contribution in [0.1, 0.15) is 39.2 Å². The molecule has 1 aromatic carbocycles. The van der Waals surface area contributed by atoms with Crippen molar-refractivity contribution >= 4 is 11.9 Å². The SMILES string of the molecule is CC1(C)[C@H](C(=O)NCc2ccccc2)CC[C@@]1(C)C(=O)[O-]. The minimum absolute atomic E-state index is 0.0752. The molecule has 0 saturated heterocycles. The number of rotatable bonds is 4. The maximum absolute atomic E-state index is 12.4. The number of amides is 1. The van der Waals surface area contributed by atoms with E-state index in [0.717, 1.165) is 5.56 Å². The van der Waals surface area contributed by atoms with Gasteiger partial charge in [0.2, 0.25) is 5.91 Å².